The first kappa shape index (κ1) is 84.1. The third-order valence-electron chi connectivity index (χ3n) is 18.3. The number of nitrogens with zero attached hydrogens (tertiary/aromatic N) is 11. The molecule has 0 bridgehead atoms. The molecule has 119 heavy (non-hydrogen) atoms. The lowest BCUT2D eigenvalue weighted by Gasteiger charge is -2.17. The Kier molecular flexibility index (Phi) is 27.5. The number of fused-ring (bicyclic) bond motifs is 7. The molecule has 9 N–H and O–H groups in total. The van der Waals surface area contributed by atoms with Gasteiger partial charge < -0.3 is 45.5 Å². The van der Waals surface area contributed by atoms with Crippen molar-refractivity contribution in [3.8, 4) is 17.4 Å². The smallest absolute Gasteiger partial charge is 0.352 e. The Morgan fingerprint density at radius 1 is 0.647 bits per heavy atom. The summed E-state index contributed by atoms with van der Waals surface area (Å²) < 4.78 is 14.1. The molecule has 8 heterocycles. The molecule has 1 aliphatic rings. The topological polar surface area (TPSA) is 341 Å². The number of halogens is 1. The lowest BCUT2D eigenvalue weighted by Crippen LogP contribution is -2.33. The summed E-state index contributed by atoms with van der Waals surface area (Å²) in [5, 5.41) is 53.1. The number of aromatic nitrogens is 11. The van der Waals surface area contributed by atoms with Crippen LogP contribution in [0.4, 0.5) is 45.3 Å². The normalized spacial score (nSPS) is 11.5. The summed E-state index contributed by atoms with van der Waals surface area (Å²) in [6, 6.07) is 75.8. The van der Waals surface area contributed by atoms with Crippen molar-refractivity contribution in [2.75, 3.05) is 52.0 Å². The number of para-hydroxylation sites is 6. The van der Waals surface area contributed by atoms with Crippen LogP contribution < -0.4 is 41.4 Å². The van der Waals surface area contributed by atoms with Gasteiger partial charge >= 0.3 is 18.0 Å². The lowest BCUT2D eigenvalue weighted by atomic mass is 10.1. The van der Waals surface area contributed by atoms with Gasteiger partial charge in [0.05, 0.1) is 52.7 Å². The lowest BCUT2D eigenvalue weighted by molar-refractivity contribution is -0.646. The van der Waals surface area contributed by atoms with E-state index in [-0.39, 0.29) is 21.2 Å². The number of thioether (sulfide) groups is 1. The summed E-state index contributed by atoms with van der Waals surface area (Å²) >= 11 is 8.20. The van der Waals surface area contributed by atoms with Crippen molar-refractivity contribution in [3.05, 3.63) is 306 Å². The fourth-order valence-corrected chi connectivity index (χ4v) is 14.7. The number of rotatable bonds is 14. The molecule has 604 valence electrons. The number of benzene rings is 9. The van der Waals surface area contributed by atoms with E-state index in [9.17, 15) is 39.4 Å². The number of esters is 2. The predicted octanol–water partition coefficient (Wildman–Crippen LogP) is 18.2. The number of aromatic amines is 2. The molecule has 0 spiro atoms. The zero-order chi connectivity index (χ0) is 84.4. The third kappa shape index (κ3) is 20.7. The second kappa shape index (κ2) is 38.9. The van der Waals surface area contributed by atoms with Crippen molar-refractivity contribution in [2.24, 2.45) is 7.05 Å². The number of nitrogens with one attached hydrogen (secondary N) is 6. The minimum absolute atomic E-state index is 0.114. The van der Waals surface area contributed by atoms with E-state index < -0.39 is 29.5 Å². The van der Waals surface area contributed by atoms with Gasteiger partial charge in [-0.05, 0) is 154 Å². The molecule has 16 aromatic rings. The number of carbonyl (C=O) groups is 4. The highest BCUT2D eigenvalue weighted by molar-refractivity contribution is 8.03. The maximum absolute atomic E-state index is 11.7. The van der Waals surface area contributed by atoms with Crippen molar-refractivity contribution in [1.82, 2.24) is 49.3 Å². The highest BCUT2D eigenvalue weighted by Gasteiger charge is 2.28. The van der Waals surface area contributed by atoms with Crippen LogP contribution in [0.5, 0.6) is 11.5 Å². The fourth-order valence-electron chi connectivity index (χ4n) is 12.4. The largest absolute Gasteiger partial charge is 0.503 e. The molecule has 0 atom stereocenters. The summed E-state index contributed by atoms with van der Waals surface area (Å²) in [5.74, 6) is -0.141. The van der Waals surface area contributed by atoms with Crippen LogP contribution in [0.2, 0.25) is 5.02 Å². The second-order valence-corrected chi connectivity index (χ2v) is 29.4. The van der Waals surface area contributed by atoms with Crippen LogP contribution in [-0.2, 0) is 34.3 Å². The average Bonchev–Trinajstić information content (AvgIpc) is 1.66. The number of H-pyrrole nitrogens is 2. The van der Waals surface area contributed by atoms with E-state index in [2.05, 4.69) is 183 Å². The highest BCUT2D eigenvalue weighted by atomic mass is 35.5. The van der Waals surface area contributed by atoms with Crippen molar-refractivity contribution < 1.29 is 48.6 Å². The molecule has 3 amide bonds. The van der Waals surface area contributed by atoms with Gasteiger partial charge in [-0.25, -0.2) is 29.3 Å². The van der Waals surface area contributed by atoms with Crippen molar-refractivity contribution in [1.29, 1.82) is 0 Å². The van der Waals surface area contributed by atoms with Crippen molar-refractivity contribution in [3.63, 3.8) is 0 Å². The number of aryl methyl sites for hydroxylation is 6. The van der Waals surface area contributed by atoms with Crippen LogP contribution in [0.15, 0.2) is 251 Å². The minimum atomic E-state index is -0.831. The fraction of sp³-hybridized carbons (Fsp3) is 0.146. The molecule has 9 aromatic carbocycles. The zero-order valence-corrected chi connectivity index (χ0v) is 68.9. The van der Waals surface area contributed by atoms with Gasteiger partial charge in [-0.15, -0.1) is 16.4 Å². The van der Waals surface area contributed by atoms with E-state index in [0.717, 1.165) is 88.6 Å². The Bertz CT molecular complexity index is 6370. The molecular formula is C89H85ClN17O10S2+. The van der Waals surface area contributed by atoms with Crippen LogP contribution in [-0.4, -0.2) is 109 Å². The number of pyridine rings is 1. The molecule has 7 aromatic heterocycles. The Balaban J connectivity index is 0.000000133. The molecule has 0 fully saturated rings. The van der Waals surface area contributed by atoms with Crippen LogP contribution in [0.25, 0.3) is 61.4 Å². The number of imidazole rings is 1. The number of hydroxylamine groups is 1. The van der Waals surface area contributed by atoms with Crippen LogP contribution in [0.1, 0.15) is 79.6 Å². The number of hydrogen-bond donors (Lipinski definition) is 9. The third-order valence-corrected chi connectivity index (χ3v) is 20.8. The molecule has 0 radical (unpaired) electrons. The van der Waals surface area contributed by atoms with Gasteiger partial charge in [-0.2, -0.15) is 28.8 Å². The van der Waals surface area contributed by atoms with Gasteiger partial charge in [0.25, 0.3) is 5.56 Å². The van der Waals surface area contributed by atoms with Crippen LogP contribution in [0, 0.1) is 27.7 Å². The molecule has 30 heteroatoms. The molecular weight excluding hydrogens is 1570 g/mol. The highest BCUT2D eigenvalue weighted by Crippen LogP contribution is 2.47. The summed E-state index contributed by atoms with van der Waals surface area (Å²) in [6.45, 7) is 15.5. The zero-order valence-electron chi connectivity index (χ0n) is 66.5. The predicted molar refractivity (Wildman–Crippen MR) is 470 cm³/mol. The molecule has 0 saturated carbocycles. The Hall–Kier alpha value is -14.3. The Morgan fingerprint density at radius 2 is 1.27 bits per heavy atom. The Morgan fingerprint density at radius 3 is 1.92 bits per heavy atom. The first-order valence-electron chi connectivity index (χ1n) is 37.5. The summed E-state index contributed by atoms with van der Waals surface area (Å²) in [6.07, 6.45) is 3.05. The van der Waals surface area contributed by atoms with E-state index in [1.54, 1.807) is 53.0 Å². The van der Waals surface area contributed by atoms with E-state index >= 15 is 0 Å². The number of amides is 3. The van der Waals surface area contributed by atoms with E-state index in [0.29, 0.717) is 62.8 Å². The van der Waals surface area contributed by atoms with Crippen LogP contribution >= 0.6 is 34.7 Å². The number of hydrogen-bond acceptors (Lipinski definition) is 21. The van der Waals surface area contributed by atoms with Gasteiger partial charge in [-0.3, -0.25) is 25.2 Å². The van der Waals surface area contributed by atoms with Crippen molar-refractivity contribution in [2.45, 2.75) is 66.3 Å². The number of ether oxygens (including phenoxy) is 2. The van der Waals surface area contributed by atoms with Gasteiger partial charge in [0.1, 0.15) is 18.7 Å². The van der Waals surface area contributed by atoms with Gasteiger partial charge in [0.15, 0.2) is 26.9 Å². The molecule has 27 nitrogen and oxygen atoms in total. The quantitative estimate of drug-likeness (QED) is 0.0211. The maximum Gasteiger partial charge on any atom is 0.352 e. The number of methoxy groups -OCH3 is 2. The second-order valence-electron chi connectivity index (χ2n) is 26.8. The van der Waals surface area contributed by atoms with E-state index in [1.807, 2.05) is 141 Å². The number of urea groups is 1. The summed E-state index contributed by atoms with van der Waals surface area (Å²) in [7, 11) is 4.39. The first-order chi connectivity index (χ1) is 57.5. The standard InChI is InChI=1S/C22H20N4.C22H23N2S.C13H11ClN2O2.C13H13N5O.C11H10N4O.C8H8O6S/c1-16-9-5-7-13-19(16)24-22-25-20-14-8-6-12-18(20)21(26-22)23-15-17-10-3-2-4-11-17;1-5-24-20-11-7-16(3)13-21(20)25-22(24)14-18-9-8-17-12-15(2)6-10-19(17)23(18)4;14-10-6-8-12(9-7-10)16(18)13(17)15-11-4-2-1-3-5-11;1-3-11-15-10-7-5-4-6-9(10)12-16-13(14-8(2)19)17-18(11)12;1-7-6-10(16)15(14-7)11-12-8-4-2-3-5-9(8)13-11;1-13-7(11)5-3(9)4(10)6(15-5)8(12)14-2/h2-14H,15H2,1H3,(H2,23,24,25,26);6-14H,5H2,1-4H3;1-9,18H,(H,15,17);4-7H,3H2,1-2H3,(H,14,17,19);2-6,14H,1H3,(H,12,13);9-10H,1-2H3/q;+1;;;;. The van der Waals surface area contributed by atoms with Gasteiger partial charge in [-0.1, -0.05) is 151 Å². The molecule has 0 unspecified atom stereocenters. The van der Waals surface area contributed by atoms with Gasteiger partial charge in [0, 0.05) is 93.9 Å². The van der Waals surface area contributed by atoms with E-state index in [1.165, 1.54) is 66.6 Å². The molecule has 0 aliphatic carbocycles. The van der Waals surface area contributed by atoms with E-state index in [4.69, 9.17) is 16.6 Å². The monoisotopic (exact) mass is 1650 g/mol. The number of aromatic hydroxyl groups is 2. The average molecular weight is 1650 g/mol. The molecule has 0 saturated heterocycles. The van der Waals surface area contributed by atoms with Gasteiger partial charge in [0.2, 0.25) is 35.0 Å². The molecule has 1 aliphatic heterocycles. The van der Waals surface area contributed by atoms with Crippen molar-refractivity contribution >= 4 is 155 Å². The minimum Gasteiger partial charge on any atom is -0.503 e. The first-order valence-corrected chi connectivity index (χ1v) is 39.5. The summed E-state index contributed by atoms with van der Waals surface area (Å²) in [5.41, 5.74) is 15.7. The SMILES string of the molecule is CCN1/C(=C/c2ccc3cc(C)ccc3[n+]2C)Sc2cc(C)ccc21.CCc1nc2ccccc2c2nc(NC(C)=O)nn12.COC(=O)c1sc(C(=O)OC)c(O)c1O.Cc1cc(=O)n(-c2nc3ccccc3[nH]2)[nH]1.Cc1ccccc1Nc1nc(NCc2ccccc2)c2ccccc2n1.O=C(Nc1ccccc1)N(O)c1ccc(Cl)cc1. The summed E-state index contributed by atoms with van der Waals surface area (Å²) in [4.78, 5) is 85.6. The number of thiophene rings is 1. The molecule has 17 rings (SSSR count). The number of carbonyl (C=O) groups excluding carboxylic acids is 4. The number of anilines is 7. The van der Waals surface area contributed by atoms with Crippen LogP contribution in [0.3, 0.4) is 0 Å². The Labute approximate surface area is 697 Å². The maximum atomic E-state index is 11.7.